The summed E-state index contributed by atoms with van der Waals surface area (Å²) in [6.45, 7) is 21.7. The van der Waals surface area contributed by atoms with Gasteiger partial charge in [-0.25, -0.2) is 0 Å². The average Bonchev–Trinajstić information content (AvgIpc) is 2.77. The molecule has 0 aromatic heterocycles. The maximum Gasteiger partial charge on any atom is 0.130 e. The predicted octanol–water partition coefficient (Wildman–Crippen LogP) is 9.07. The van der Waals surface area contributed by atoms with E-state index in [0.29, 0.717) is 6.42 Å². The Morgan fingerprint density at radius 2 is 1.71 bits per heavy atom. The van der Waals surface area contributed by atoms with E-state index < -0.39 is 0 Å². The number of ketones is 1. The molecule has 0 saturated heterocycles. The predicted molar refractivity (Wildman–Crippen MR) is 152 cm³/mol. The van der Waals surface area contributed by atoms with E-state index in [2.05, 4.69) is 103 Å². The van der Waals surface area contributed by atoms with E-state index >= 15 is 0 Å². The molecule has 0 heterocycles. The SMILES string of the molecule is C=C/C=C(CCC)\C(=C/C)CCc1ccccc1C.CC/C=C(/CCC(C)=O)NCC(C)(C)C. The average molecular weight is 466 g/mol. The number of nitrogens with one attached hydrogen (secondary N) is 1. The number of benzene rings is 1. The van der Waals surface area contributed by atoms with Gasteiger partial charge in [-0.15, -0.1) is 0 Å². The van der Waals surface area contributed by atoms with Gasteiger partial charge in [-0.1, -0.05) is 96.2 Å². The molecule has 1 aromatic rings. The van der Waals surface area contributed by atoms with E-state index in [0.717, 1.165) is 38.6 Å². The van der Waals surface area contributed by atoms with Crippen molar-refractivity contribution in [1.82, 2.24) is 5.32 Å². The van der Waals surface area contributed by atoms with Crippen molar-refractivity contribution >= 4 is 5.78 Å². The Morgan fingerprint density at radius 3 is 2.21 bits per heavy atom. The molecule has 1 rings (SSSR count). The second kappa shape index (κ2) is 18.0. The third-order valence-corrected chi connectivity index (χ3v) is 5.57. The van der Waals surface area contributed by atoms with Crippen LogP contribution in [-0.2, 0) is 11.2 Å². The number of hydrogen-bond donors (Lipinski definition) is 1. The summed E-state index contributed by atoms with van der Waals surface area (Å²) in [6.07, 6.45) is 15.6. The molecule has 1 N–H and O–H groups in total. The van der Waals surface area contributed by atoms with Crippen LogP contribution < -0.4 is 5.32 Å². The quantitative estimate of drug-likeness (QED) is 0.294. The summed E-state index contributed by atoms with van der Waals surface area (Å²) in [4.78, 5) is 10.9. The Kier molecular flexibility index (Phi) is 16.8. The zero-order valence-electron chi connectivity index (χ0n) is 23.4. The second-order valence-electron chi connectivity index (χ2n) is 10.2. The molecule has 2 nitrogen and oxygen atoms in total. The first-order valence-corrected chi connectivity index (χ1v) is 13.0. The molecule has 2 heteroatoms. The van der Waals surface area contributed by atoms with Crippen LogP contribution in [0.3, 0.4) is 0 Å². The molecule has 0 aliphatic heterocycles. The van der Waals surface area contributed by atoms with Crippen LogP contribution in [-0.4, -0.2) is 12.3 Å². The molecule has 34 heavy (non-hydrogen) atoms. The lowest BCUT2D eigenvalue weighted by Crippen LogP contribution is -2.26. The monoisotopic (exact) mass is 465 g/mol. The zero-order chi connectivity index (χ0) is 26.0. The molecule has 0 bridgehead atoms. The first kappa shape index (κ1) is 31.6. The van der Waals surface area contributed by atoms with Gasteiger partial charge in [0.25, 0.3) is 0 Å². The topological polar surface area (TPSA) is 29.1 Å². The minimum atomic E-state index is 0.259. The van der Waals surface area contributed by atoms with Gasteiger partial charge in [-0.3, -0.25) is 0 Å². The van der Waals surface area contributed by atoms with Crippen LogP contribution >= 0.6 is 0 Å². The highest BCUT2D eigenvalue weighted by Gasteiger charge is 2.10. The van der Waals surface area contributed by atoms with E-state index in [1.165, 1.54) is 34.4 Å². The number of carbonyl (C=O) groups excluding carboxylic acids is 1. The van der Waals surface area contributed by atoms with Crippen LogP contribution in [0, 0.1) is 12.3 Å². The molecule has 0 spiro atoms. The number of aryl methyl sites for hydroxylation is 2. The lowest BCUT2D eigenvalue weighted by molar-refractivity contribution is -0.117. The van der Waals surface area contributed by atoms with Crippen molar-refractivity contribution in [2.75, 3.05) is 6.54 Å². The van der Waals surface area contributed by atoms with Crippen LogP contribution in [0.25, 0.3) is 0 Å². The summed E-state index contributed by atoms with van der Waals surface area (Å²) in [5.41, 5.74) is 7.24. The van der Waals surface area contributed by atoms with Crippen molar-refractivity contribution in [2.45, 2.75) is 100 Å². The van der Waals surface area contributed by atoms with Crippen molar-refractivity contribution in [3.63, 3.8) is 0 Å². The standard InChI is InChI=1S/C19H26.C13H25NO/c1-5-10-19(11-6-2)17(7-3)14-15-18-13-9-8-12-16(18)4;1-6-7-12(9-8-11(2)15)14-10-13(3,4)5/h5,7-10,12-13H,1,6,11,14-15H2,2-4H3;7,14H,6,8-10H2,1-5H3/b17-7-,19-10-;12-7-. The lowest BCUT2D eigenvalue weighted by atomic mass is 9.93. The third-order valence-electron chi connectivity index (χ3n) is 5.57. The molecule has 0 unspecified atom stereocenters. The highest BCUT2D eigenvalue weighted by molar-refractivity contribution is 5.75. The number of allylic oxidation sites excluding steroid dienone is 7. The fourth-order valence-corrected chi connectivity index (χ4v) is 3.61. The van der Waals surface area contributed by atoms with Crippen LogP contribution in [0.1, 0.15) is 98.1 Å². The largest absolute Gasteiger partial charge is 0.388 e. The lowest BCUT2D eigenvalue weighted by Gasteiger charge is -2.21. The molecule has 0 amide bonds. The van der Waals surface area contributed by atoms with Gasteiger partial charge in [0.05, 0.1) is 0 Å². The summed E-state index contributed by atoms with van der Waals surface area (Å²) >= 11 is 0. The van der Waals surface area contributed by atoms with Crippen molar-refractivity contribution in [2.24, 2.45) is 5.41 Å². The molecule has 190 valence electrons. The van der Waals surface area contributed by atoms with Crippen LogP contribution in [0.4, 0.5) is 0 Å². The summed E-state index contributed by atoms with van der Waals surface area (Å²) in [5.74, 6) is 0.259. The Balaban J connectivity index is 0.000000661. The Morgan fingerprint density at radius 1 is 1.03 bits per heavy atom. The molecule has 0 aliphatic carbocycles. The van der Waals surface area contributed by atoms with Crippen molar-refractivity contribution in [3.05, 3.63) is 83.1 Å². The summed E-state index contributed by atoms with van der Waals surface area (Å²) < 4.78 is 0. The second-order valence-corrected chi connectivity index (χ2v) is 10.2. The van der Waals surface area contributed by atoms with Gasteiger partial charge in [0.2, 0.25) is 0 Å². The van der Waals surface area contributed by atoms with Gasteiger partial charge in [0.1, 0.15) is 5.78 Å². The fraction of sp³-hybridized carbons (Fsp3) is 0.531. The summed E-state index contributed by atoms with van der Waals surface area (Å²) in [5, 5.41) is 3.42. The zero-order valence-corrected chi connectivity index (χ0v) is 23.4. The van der Waals surface area contributed by atoms with Crippen molar-refractivity contribution in [1.29, 1.82) is 0 Å². The molecule has 0 atom stereocenters. The highest BCUT2D eigenvalue weighted by Crippen LogP contribution is 2.22. The molecule has 1 aromatic carbocycles. The van der Waals surface area contributed by atoms with Gasteiger partial charge in [-0.05, 0) is 80.6 Å². The van der Waals surface area contributed by atoms with Gasteiger partial charge in [0.15, 0.2) is 0 Å². The minimum absolute atomic E-state index is 0.259. The summed E-state index contributed by atoms with van der Waals surface area (Å²) in [7, 11) is 0. The third kappa shape index (κ3) is 15.5. The Labute approximate surface area is 211 Å². The van der Waals surface area contributed by atoms with Crippen LogP contribution in [0.5, 0.6) is 0 Å². The molecule has 0 radical (unpaired) electrons. The van der Waals surface area contributed by atoms with Gasteiger partial charge < -0.3 is 10.1 Å². The van der Waals surface area contributed by atoms with Gasteiger partial charge in [-0.2, -0.15) is 0 Å². The first-order chi connectivity index (χ1) is 16.1. The van der Waals surface area contributed by atoms with Crippen LogP contribution in [0.2, 0.25) is 0 Å². The maximum atomic E-state index is 10.9. The smallest absolute Gasteiger partial charge is 0.130 e. The number of Topliss-reactive ketones (excluding diaryl/α,β-unsaturated/α-hetero) is 1. The molecule has 0 aliphatic rings. The molecular weight excluding hydrogens is 414 g/mol. The van der Waals surface area contributed by atoms with E-state index in [4.69, 9.17) is 0 Å². The highest BCUT2D eigenvalue weighted by atomic mass is 16.1. The molecule has 0 saturated carbocycles. The number of rotatable bonds is 13. The molecular formula is C32H51NO. The van der Waals surface area contributed by atoms with Crippen molar-refractivity contribution < 1.29 is 4.79 Å². The van der Waals surface area contributed by atoms with E-state index in [-0.39, 0.29) is 11.2 Å². The van der Waals surface area contributed by atoms with E-state index in [1.807, 2.05) is 6.08 Å². The summed E-state index contributed by atoms with van der Waals surface area (Å²) in [6, 6.07) is 8.66. The maximum absolute atomic E-state index is 10.9. The normalized spacial score (nSPS) is 12.6. The molecule has 0 fully saturated rings. The van der Waals surface area contributed by atoms with Gasteiger partial charge >= 0.3 is 0 Å². The first-order valence-electron chi connectivity index (χ1n) is 13.0. The van der Waals surface area contributed by atoms with E-state index in [1.54, 1.807) is 6.92 Å². The fourth-order valence-electron chi connectivity index (χ4n) is 3.61. The van der Waals surface area contributed by atoms with Gasteiger partial charge in [0, 0.05) is 18.7 Å². The number of hydrogen-bond acceptors (Lipinski definition) is 2. The van der Waals surface area contributed by atoms with Crippen LogP contribution in [0.15, 0.2) is 72.0 Å². The Bertz CT molecular complexity index is 818. The van der Waals surface area contributed by atoms with Crippen molar-refractivity contribution in [3.8, 4) is 0 Å². The van der Waals surface area contributed by atoms with E-state index in [9.17, 15) is 4.79 Å². The minimum Gasteiger partial charge on any atom is -0.388 e. The Hall–Kier alpha value is -2.35. The number of carbonyl (C=O) groups is 1.